The number of rotatable bonds is 4. The van der Waals surface area contributed by atoms with Gasteiger partial charge in [-0.15, -0.1) is 0 Å². The highest BCUT2D eigenvalue weighted by atomic mass is 19.1. The van der Waals surface area contributed by atoms with Gasteiger partial charge in [0.1, 0.15) is 34.9 Å². The lowest BCUT2D eigenvalue weighted by molar-refractivity contribution is 0.590. The number of halogens is 2. The van der Waals surface area contributed by atoms with Crippen molar-refractivity contribution in [2.75, 3.05) is 16.8 Å². The summed E-state index contributed by atoms with van der Waals surface area (Å²) in [7, 11) is 0. The van der Waals surface area contributed by atoms with E-state index in [0.717, 1.165) is 0 Å². The second-order valence-corrected chi connectivity index (χ2v) is 6.53. The van der Waals surface area contributed by atoms with Gasteiger partial charge in [-0.2, -0.15) is 0 Å². The molecule has 0 aliphatic carbocycles. The highest BCUT2D eigenvalue weighted by Crippen LogP contribution is 2.35. The van der Waals surface area contributed by atoms with Crippen molar-refractivity contribution < 1.29 is 8.78 Å². The van der Waals surface area contributed by atoms with Crippen molar-refractivity contribution in [1.82, 2.24) is 24.9 Å². The van der Waals surface area contributed by atoms with Gasteiger partial charge in [-0.1, -0.05) is 12.2 Å². The summed E-state index contributed by atoms with van der Waals surface area (Å²) in [6.45, 7) is 0.492. The number of hydrogen-bond donors (Lipinski definition) is 2. The fourth-order valence-electron chi connectivity index (χ4n) is 3.31. The lowest BCUT2D eigenvalue weighted by atomic mass is 10.1. The van der Waals surface area contributed by atoms with E-state index < -0.39 is 11.6 Å². The Hall–Kier alpha value is -4.14. The Balaban J connectivity index is 1.59. The minimum Gasteiger partial charge on any atom is -0.342 e. The van der Waals surface area contributed by atoms with E-state index >= 15 is 4.39 Å². The molecule has 0 amide bonds. The van der Waals surface area contributed by atoms with Crippen LogP contribution in [-0.2, 0) is 0 Å². The minimum absolute atomic E-state index is 0.259. The van der Waals surface area contributed by atoms with Gasteiger partial charge in [0.05, 0.1) is 12.0 Å². The van der Waals surface area contributed by atoms with E-state index in [2.05, 4.69) is 30.2 Å². The van der Waals surface area contributed by atoms with Gasteiger partial charge in [-0.25, -0.2) is 28.7 Å². The number of aromatic amines is 1. The van der Waals surface area contributed by atoms with Gasteiger partial charge in [-0.05, 0) is 30.3 Å². The van der Waals surface area contributed by atoms with Crippen molar-refractivity contribution in [2.45, 2.75) is 0 Å². The van der Waals surface area contributed by atoms with Crippen LogP contribution in [0.2, 0.25) is 0 Å². The number of benzene rings is 1. The summed E-state index contributed by atoms with van der Waals surface area (Å²) in [5.74, 6) is -1.17. The number of hydrogen-bond acceptors (Lipinski definition) is 6. The van der Waals surface area contributed by atoms with Crippen LogP contribution in [0.25, 0.3) is 22.4 Å². The third-order valence-electron chi connectivity index (χ3n) is 4.72. The third kappa shape index (κ3) is 3.06. The molecule has 30 heavy (non-hydrogen) atoms. The van der Waals surface area contributed by atoms with Crippen LogP contribution in [0.5, 0.6) is 0 Å². The van der Waals surface area contributed by atoms with E-state index in [1.807, 2.05) is 12.2 Å². The average Bonchev–Trinajstić information content (AvgIpc) is 3.27. The normalized spacial score (nSPS) is 13.2. The topological polar surface area (TPSA) is 82.6 Å². The second-order valence-electron chi connectivity index (χ2n) is 6.53. The molecule has 148 valence electrons. The summed E-state index contributed by atoms with van der Waals surface area (Å²) < 4.78 is 29.9. The summed E-state index contributed by atoms with van der Waals surface area (Å²) in [6, 6.07) is 6.12. The van der Waals surface area contributed by atoms with Crippen molar-refractivity contribution in [2.24, 2.45) is 0 Å². The van der Waals surface area contributed by atoms with Crippen molar-refractivity contribution in [3.8, 4) is 11.3 Å². The summed E-state index contributed by atoms with van der Waals surface area (Å²) in [5, 5.41) is 2.82. The number of pyridine rings is 1. The van der Waals surface area contributed by atoms with E-state index in [1.165, 1.54) is 31.0 Å². The van der Waals surface area contributed by atoms with E-state index in [9.17, 15) is 4.39 Å². The summed E-state index contributed by atoms with van der Waals surface area (Å²) >= 11 is 0. The number of allylic oxidation sites excluding steroid dienone is 2. The van der Waals surface area contributed by atoms with E-state index in [-0.39, 0.29) is 17.2 Å². The number of anilines is 3. The molecule has 0 radical (unpaired) electrons. The molecule has 0 unspecified atom stereocenters. The average molecular weight is 403 g/mol. The maximum Gasteiger partial charge on any atom is 0.181 e. The molecule has 4 aromatic rings. The van der Waals surface area contributed by atoms with Gasteiger partial charge >= 0.3 is 0 Å². The lowest BCUT2D eigenvalue weighted by Gasteiger charge is -2.23. The second kappa shape index (κ2) is 7.36. The molecule has 9 heteroatoms. The van der Waals surface area contributed by atoms with E-state index in [0.29, 0.717) is 29.0 Å². The lowest BCUT2D eigenvalue weighted by Crippen LogP contribution is -2.19. The van der Waals surface area contributed by atoms with Crippen LogP contribution in [-0.4, -0.2) is 31.5 Å². The fourth-order valence-corrected chi connectivity index (χ4v) is 3.31. The zero-order valence-corrected chi connectivity index (χ0v) is 15.5. The van der Waals surface area contributed by atoms with Crippen molar-refractivity contribution in [3.63, 3.8) is 0 Å². The minimum atomic E-state index is -0.723. The van der Waals surface area contributed by atoms with Crippen LogP contribution in [0.3, 0.4) is 0 Å². The molecule has 5 rings (SSSR count). The first-order chi connectivity index (χ1) is 14.7. The van der Waals surface area contributed by atoms with Crippen LogP contribution in [0.4, 0.5) is 26.0 Å². The molecule has 0 atom stereocenters. The number of nitrogens with zero attached hydrogens (tertiary/aromatic N) is 5. The van der Waals surface area contributed by atoms with Crippen molar-refractivity contribution in [3.05, 3.63) is 79.2 Å². The van der Waals surface area contributed by atoms with Gasteiger partial charge in [0, 0.05) is 24.5 Å². The molecular formula is C21H15F2N7. The first kappa shape index (κ1) is 17.9. The summed E-state index contributed by atoms with van der Waals surface area (Å²) in [4.78, 5) is 21.5. The first-order valence-electron chi connectivity index (χ1n) is 9.17. The number of fused-ring (bicyclic) bond motifs is 1. The van der Waals surface area contributed by atoms with Crippen LogP contribution in [0, 0.1) is 11.6 Å². The Kier molecular flexibility index (Phi) is 4.40. The highest BCUT2D eigenvalue weighted by Gasteiger charge is 2.20. The zero-order chi connectivity index (χ0) is 20.5. The SMILES string of the molecule is Fc1ccc(N2C=CC=CC2)c(F)c1Nc1ncccc1-c1ncnc2nc[nH]c12. The zero-order valence-electron chi connectivity index (χ0n) is 15.5. The van der Waals surface area contributed by atoms with Crippen molar-refractivity contribution in [1.29, 1.82) is 0 Å². The number of imidazole rings is 1. The smallest absolute Gasteiger partial charge is 0.181 e. The molecule has 0 saturated heterocycles. The van der Waals surface area contributed by atoms with Crippen LogP contribution in [0.1, 0.15) is 0 Å². The number of aromatic nitrogens is 5. The Labute approximate surface area is 169 Å². The number of H-pyrrole nitrogens is 1. The highest BCUT2D eigenvalue weighted by molar-refractivity contribution is 5.91. The Bertz CT molecular complexity index is 1300. The predicted molar refractivity (Wildman–Crippen MR) is 110 cm³/mol. The number of nitrogens with one attached hydrogen (secondary N) is 2. The largest absolute Gasteiger partial charge is 0.342 e. The molecule has 0 fully saturated rings. The molecule has 0 saturated carbocycles. The van der Waals surface area contributed by atoms with Crippen molar-refractivity contribution >= 4 is 28.4 Å². The van der Waals surface area contributed by atoms with Crippen LogP contribution < -0.4 is 10.2 Å². The first-order valence-corrected chi connectivity index (χ1v) is 9.17. The molecule has 7 nitrogen and oxygen atoms in total. The van der Waals surface area contributed by atoms with E-state index in [1.54, 1.807) is 29.3 Å². The monoisotopic (exact) mass is 403 g/mol. The molecule has 1 aliphatic rings. The maximum atomic E-state index is 15.3. The fraction of sp³-hybridized carbons (Fsp3) is 0.0476. The Morgan fingerprint density at radius 3 is 2.83 bits per heavy atom. The quantitative estimate of drug-likeness (QED) is 0.528. The van der Waals surface area contributed by atoms with Crippen LogP contribution >= 0.6 is 0 Å². The molecule has 1 aliphatic heterocycles. The van der Waals surface area contributed by atoms with Gasteiger partial charge in [-0.3, -0.25) is 0 Å². The molecule has 1 aromatic carbocycles. The van der Waals surface area contributed by atoms with Gasteiger partial charge in [0.25, 0.3) is 0 Å². The summed E-state index contributed by atoms with van der Waals surface area (Å²) in [5.41, 5.74) is 2.14. The third-order valence-corrected chi connectivity index (χ3v) is 4.72. The van der Waals surface area contributed by atoms with E-state index in [4.69, 9.17) is 0 Å². The molecule has 2 N–H and O–H groups in total. The standard InChI is InChI=1S/C21H15F2N7/c22-14-6-7-15(30-9-2-1-3-10-30)16(23)18(14)29-20-13(5-4-8-24-20)17-19-21(27-11-25-17)28-12-26-19/h1-9,11-12H,10H2,(H,24,29)(H,25,26,27,28). The molecule has 0 bridgehead atoms. The Morgan fingerprint density at radius 1 is 1.03 bits per heavy atom. The van der Waals surface area contributed by atoms with Gasteiger partial charge < -0.3 is 15.2 Å². The van der Waals surface area contributed by atoms with Gasteiger partial charge in [0.15, 0.2) is 11.5 Å². The predicted octanol–water partition coefficient (Wildman–Crippen LogP) is 4.33. The van der Waals surface area contributed by atoms with Gasteiger partial charge in [0.2, 0.25) is 0 Å². The molecular weight excluding hydrogens is 388 g/mol. The van der Waals surface area contributed by atoms with Crippen LogP contribution in [0.15, 0.2) is 67.5 Å². The molecule has 4 heterocycles. The molecule has 0 spiro atoms. The summed E-state index contributed by atoms with van der Waals surface area (Å²) in [6.07, 6.45) is 11.7. The molecule has 3 aromatic heterocycles. The maximum absolute atomic E-state index is 15.3. The Morgan fingerprint density at radius 2 is 1.97 bits per heavy atom.